The summed E-state index contributed by atoms with van der Waals surface area (Å²) in [5.41, 5.74) is 9.69. The smallest absolute Gasteiger partial charge is 0.102 e. The van der Waals surface area contributed by atoms with E-state index < -0.39 is 0 Å². The molecule has 0 N–H and O–H groups in total. The standard InChI is InChI=1S/C24H18I3N3/c1-13-4-7-19(25)28-22(13)16-10-17(23-14(2)5-8-20(26)29-23)12-18(11-16)24-15(3)6-9-21(27)30-24/h4-12H,1-3H3. The Hall–Kier alpha value is -1.14. The zero-order valence-electron chi connectivity index (χ0n) is 16.7. The Morgan fingerprint density at radius 1 is 0.467 bits per heavy atom. The van der Waals surface area contributed by atoms with Gasteiger partial charge in [0, 0.05) is 16.7 Å². The van der Waals surface area contributed by atoms with E-state index in [1.54, 1.807) is 0 Å². The average molecular weight is 729 g/mol. The van der Waals surface area contributed by atoms with Crippen LogP contribution in [-0.2, 0) is 0 Å². The molecule has 0 spiro atoms. The molecule has 0 aliphatic rings. The summed E-state index contributed by atoms with van der Waals surface area (Å²) in [6.45, 7) is 6.32. The monoisotopic (exact) mass is 729 g/mol. The number of benzene rings is 1. The normalized spacial score (nSPS) is 11.0. The first-order valence-corrected chi connectivity index (χ1v) is 12.6. The van der Waals surface area contributed by atoms with Crippen LogP contribution in [0.1, 0.15) is 16.7 Å². The summed E-state index contributed by atoms with van der Waals surface area (Å²) in [7, 11) is 0. The topological polar surface area (TPSA) is 38.7 Å². The third-order valence-corrected chi connectivity index (χ3v) is 6.74. The Morgan fingerprint density at radius 2 is 0.733 bits per heavy atom. The van der Waals surface area contributed by atoms with Gasteiger partial charge in [-0.2, -0.15) is 0 Å². The van der Waals surface area contributed by atoms with Gasteiger partial charge in [-0.15, -0.1) is 0 Å². The van der Waals surface area contributed by atoms with Gasteiger partial charge in [0.05, 0.1) is 17.1 Å². The van der Waals surface area contributed by atoms with Crippen molar-refractivity contribution >= 4 is 67.8 Å². The van der Waals surface area contributed by atoms with Gasteiger partial charge in [0.1, 0.15) is 11.1 Å². The molecular weight excluding hydrogens is 711 g/mol. The van der Waals surface area contributed by atoms with E-state index in [0.717, 1.165) is 61.6 Å². The van der Waals surface area contributed by atoms with Crippen LogP contribution in [0.2, 0.25) is 0 Å². The van der Waals surface area contributed by atoms with Crippen molar-refractivity contribution in [1.29, 1.82) is 0 Å². The van der Waals surface area contributed by atoms with Gasteiger partial charge < -0.3 is 0 Å². The highest BCUT2D eigenvalue weighted by Crippen LogP contribution is 2.34. The molecule has 0 saturated heterocycles. The Bertz CT molecular complexity index is 1100. The molecule has 6 heteroatoms. The lowest BCUT2D eigenvalue weighted by atomic mass is 9.95. The van der Waals surface area contributed by atoms with E-state index in [1.807, 2.05) is 18.2 Å². The molecule has 4 rings (SSSR count). The molecule has 0 unspecified atom stereocenters. The van der Waals surface area contributed by atoms with Crippen LogP contribution in [0.3, 0.4) is 0 Å². The Kier molecular flexibility index (Phi) is 6.73. The highest BCUT2D eigenvalue weighted by atomic mass is 127. The Morgan fingerprint density at radius 3 is 1.00 bits per heavy atom. The van der Waals surface area contributed by atoms with E-state index in [-0.39, 0.29) is 0 Å². The fraction of sp³-hybridized carbons (Fsp3) is 0.125. The molecular formula is C24H18I3N3. The molecule has 4 aromatic rings. The maximum absolute atomic E-state index is 4.84. The van der Waals surface area contributed by atoms with Crippen molar-refractivity contribution in [1.82, 2.24) is 15.0 Å². The first-order valence-electron chi connectivity index (χ1n) is 9.37. The largest absolute Gasteiger partial charge is 0.242 e. The number of hydrogen-bond acceptors (Lipinski definition) is 3. The SMILES string of the molecule is Cc1ccc(I)nc1-c1cc(-c2nc(I)ccc2C)cc(-c2nc(I)ccc2C)c1. The summed E-state index contributed by atoms with van der Waals surface area (Å²) in [6.07, 6.45) is 0. The van der Waals surface area contributed by atoms with Crippen LogP contribution in [0.4, 0.5) is 0 Å². The summed E-state index contributed by atoms with van der Waals surface area (Å²) in [5.74, 6) is 0. The van der Waals surface area contributed by atoms with Crippen LogP contribution in [0.15, 0.2) is 54.6 Å². The highest BCUT2D eigenvalue weighted by Gasteiger charge is 2.14. The number of hydrogen-bond donors (Lipinski definition) is 0. The molecule has 3 aromatic heterocycles. The van der Waals surface area contributed by atoms with Gasteiger partial charge in [0.2, 0.25) is 0 Å². The third-order valence-electron chi connectivity index (χ3n) is 4.94. The maximum Gasteiger partial charge on any atom is 0.102 e. The number of aryl methyl sites for hydroxylation is 3. The van der Waals surface area contributed by atoms with Gasteiger partial charge >= 0.3 is 0 Å². The quantitative estimate of drug-likeness (QED) is 0.161. The minimum absolute atomic E-state index is 0.979. The summed E-state index contributed by atoms with van der Waals surface area (Å²) in [6, 6.07) is 19.1. The van der Waals surface area contributed by atoms with E-state index in [0.29, 0.717) is 0 Å². The number of nitrogens with zero attached hydrogens (tertiary/aromatic N) is 3. The fourth-order valence-electron chi connectivity index (χ4n) is 3.43. The molecule has 0 fully saturated rings. The number of halogens is 3. The minimum Gasteiger partial charge on any atom is -0.242 e. The lowest BCUT2D eigenvalue weighted by molar-refractivity contribution is 1.21. The molecule has 0 amide bonds. The van der Waals surface area contributed by atoms with Crippen LogP contribution in [0.5, 0.6) is 0 Å². The second kappa shape index (κ2) is 9.15. The van der Waals surface area contributed by atoms with Gasteiger partial charge in [0.25, 0.3) is 0 Å². The third kappa shape index (κ3) is 4.69. The zero-order chi connectivity index (χ0) is 21.4. The molecule has 30 heavy (non-hydrogen) atoms. The van der Waals surface area contributed by atoms with Crippen LogP contribution >= 0.6 is 67.8 Å². The number of rotatable bonds is 3. The van der Waals surface area contributed by atoms with Crippen LogP contribution in [0, 0.1) is 31.9 Å². The zero-order valence-corrected chi connectivity index (χ0v) is 23.1. The van der Waals surface area contributed by atoms with Gasteiger partial charge in [-0.25, -0.2) is 15.0 Å². The number of aromatic nitrogens is 3. The minimum atomic E-state index is 0.979. The van der Waals surface area contributed by atoms with Crippen molar-refractivity contribution in [2.75, 3.05) is 0 Å². The molecule has 0 aliphatic carbocycles. The van der Waals surface area contributed by atoms with Crippen molar-refractivity contribution in [3.8, 4) is 33.8 Å². The first-order chi connectivity index (χ1) is 14.3. The summed E-state index contributed by atoms with van der Waals surface area (Å²) in [4.78, 5) is 14.5. The van der Waals surface area contributed by atoms with Gasteiger partial charge in [-0.3, -0.25) is 0 Å². The molecule has 0 radical (unpaired) electrons. The average Bonchev–Trinajstić information content (AvgIpc) is 2.73. The number of pyridine rings is 3. The lowest BCUT2D eigenvalue weighted by Gasteiger charge is -2.14. The first kappa shape index (κ1) is 22.1. The van der Waals surface area contributed by atoms with Crippen LogP contribution in [0.25, 0.3) is 33.8 Å². The molecule has 0 atom stereocenters. The van der Waals surface area contributed by atoms with Gasteiger partial charge in [0.15, 0.2) is 0 Å². The summed E-state index contributed by atoms with van der Waals surface area (Å²) in [5, 5.41) is 0. The fourth-order valence-corrected chi connectivity index (χ4v) is 4.69. The predicted octanol–water partition coefficient (Wildman–Crippen LogP) is 7.61. The van der Waals surface area contributed by atoms with Gasteiger partial charge in [-0.05, 0) is 142 Å². The van der Waals surface area contributed by atoms with Crippen molar-refractivity contribution in [3.05, 3.63) is 82.4 Å². The van der Waals surface area contributed by atoms with Crippen LogP contribution in [-0.4, -0.2) is 15.0 Å². The summed E-state index contributed by atoms with van der Waals surface area (Å²) < 4.78 is 2.94. The van der Waals surface area contributed by atoms with E-state index in [1.165, 1.54) is 0 Å². The molecule has 0 saturated carbocycles. The Balaban J connectivity index is 2.03. The van der Waals surface area contributed by atoms with Crippen molar-refractivity contribution in [2.24, 2.45) is 0 Å². The summed E-state index contributed by atoms with van der Waals surface area (Å²) >= 11 is 6.81. The van der Waals surface area contributed by atoms with E-state index in [9.17, 15) is 0 Å². The molecule has 3 heterocycles. The highest BCUT2D eigenvalue weighted by molar-refractivity contribution is 14.1. The lowest BCUT2D eigenvalue weighted by Crippen LogP contribution is -1.97. The second-order valence-corrected chi connectivity index (χ2v) is 10.5. The van der Waals surface area contributed by atoms with Crippen molar-refractivity contribution in [3.63, 3.8) is 0 Å². The van der Waals surface area contributed by atoms with Crippen LogP contribution < -0.4 is 0 Å². The van der Waals surface area contributed by atoms with E-state index in [4.69, 9.17) is 15.0 Å². The van der Waals surface area contributed by atoms with E-state index in [2.05, 4.69) is 125 Å². The molecule has 0 bridgehead atoms. The van der Waals surface area contributed by atoms with Crippen molar-refractivity contribution < 1.29 is 0 Å². The van der Waals surface area contributed by atoms with Crippen molar-refractivity contribution in [2.45, 2.75) is 20.8 Å². The molecule has 1 aromatic carbocycles. The van der Waals surface area contributed by atoms with E-state index >= 15 is 0 Å². The van der Waals surface area contributed by atoms with Gasteiger partial charge in [-0.1, -0.05) is 18.2 Å². The molecule has 3 nitrogen and oxygen atoms in total. The Labute approximate surface area is 217 Å². The second-order valence-electron chi connectivity index (χ2n) is 7.20. The predicted molar refractivity (Wildman–Crippen MR) is 148 cm³/mol. The maximum atomic E-state index is 4.84. The molecule has 150 valence electrons. The molecule has 0 aliphatic heterocycles.